The summed E-state index contributed by atoms with van der Waals surface area (Å²) >= 11 is 5.92. The Morgan fingerprint density at radius 2 is 2.00 bits per heavy atom. The summed E-state index contributed by atoms with van der Waals surface area (Å²) in [5.74, 6) is 0. The summed E-state index contributed by atoms with van der Waals surface area (Å²) in [5, 5.41) is 13.8. The molecule has 0 saturated carbocycles. The Labute approximate surface area is 144 Å². The molecule has 0 fully saturated rings. The van der Waals surface area contributed by atoms with Crippen LogP contribution in [-0.4, -0.2) is 26.5 Å². The number of halogens is 1. The Morgan fingerprint density at radius 1 is 1.25 bits per heavy atom. The zero-order valence-corrected chi connectivity index (χ0v) is 14.3. The van der Waals surface area contributed by atoms with E-state index in [1.807, 2.05) is 18.5 Å². The van der Waals surface area contributed by atoms with Crippen molar-refractivity contribution in [3.63, 3.8) is 0 Å². The lowest BCUT2D eigenvalue weighted by Crippen LogP contribution is -2.13. The number of hydrogen-bond acceptors (Lipinski definition) is 4. The van der Waals surface area contributed by atoms with E-state index in [1.165, 1.54) is 11.8 Å². The zero-order chi connectivity index (χ0) is 17.1. The van der Waals surface area contributed by atoms with E-state index in [0.29, 0.717) is 12.2 Å². The molecule has 7 heteroatoms. The van der Waals surface area contributed by atoms with Gasteiger partial charge in [-0.25, -0.2) is 9.78 Å². The van der Waals surface area contributed by atoms with Gasteiger partial charge in [0.15, 0.2) is 0 Å². The third kappa shape index (κ3) is 3.49. The number of aromatic nitrogens is 4. The van der Waals surface area contributed by atoms with Crippen molar-refractivity contribution in [3.8, 4) is 5.69 Å². The average Bonchev–Trinajstić information content (AvgIpc) is 2.91. The molecule has 2 heterocycles. The minimum atomic E-state index is -0.393. The third-order valence-electron chi connectivity index (χ3n) is 3.72. The third-order valence-corrected chi connectivity index (χ3v) is 4.09. The molecule has 0 radical (unpaired) electrons. The van der Waals surface area contributed by atoms with Crippen molar-refractivity contribution in [2.24, 2.45) is 0 Å². The Hall–Kier alpha value is -2.60. The molecule has 0 amide bonds. The van der Waals surface area contributed by atoms with Crippen molar-refractivity contribution >= 4 is 17.3 Å². The number of anilines is 1. The second-order valence-electron chi connectivity index (χ2n) is 5.61. The number of nitrogens with one attached hydrogen (secondary N) is 2. The SMILES string of the molecule is Cc1cc(C)n(-c2ccc(CCNc3cn[nH]c(=O)c3Cl)cc2)n1. The van der Waals surface area contributed by atoms with Gasteiger partial charge in [-0.3, -0.25) is 4.79 Å². The molecule has 0 saturated heterocycles. The topological polar surface area (TPSA) is 75.6 Å². The lowest BCUT2D eigenvalue weighted by atomic mass is 10.1. The normalized spacial score (nSPS) is 10.8. The van der Waals surface area contributed by atoms with Crippen LogP contribution in [0.5, 0.6) is 0 Å². The van der Waals surface area contributed by atoms with Gasteiger partial charge in [-0.05, 0) is 44.0 Å². The number of hydrogen-bond donors (Lipinski definition) is 2. The van der Waals surface area contributed by atoms with E-state index in [0.717, 1.165) is 23.5 Å². The molecular weight excluding hydrogens is 326 g/mol. The Balaban J connectivity index is 1.63. The van der Waals surface area contributed by atoms with E-state index < -0.39 is 5.56 Å². The molecule has 0 aliphatic rings. The summed E-state index contributed by atoms with van der Waals surface area (Å²) in [6, 6.07) is 10.3. The van der Waals surface area contributed by atoms with Crippen LogP contribution in [0.1, 0.15) is 17.0 Å². The van der Waals surface area contributed by atoms with Gasteiger partial charge in [0.1, 0.15) is 5.02 Å². The monoisotopic (exact) mass is 343 g/mol. The Bertz CT molecular complexity index is 898. The van der Waals surface area contributed by atoms with Crippen LogP contribution in [-0.2, 0) is 6.42 Å². The lowest BCUT2D eigenvalue weighted by Gasteiger charge is -2.08. The van der Waals surface area contributed by atoms with Crippen LogP contribution in [0.25, 0.3) is 5.69 Å². The predicted molar refractivity (Wildman–Crippen MR) is 95.1 cm³/mol. The van der Waals surface area contributed by atoms with E-state index in [2.05, 4.69) is 50.9 Å². The highest BCUT2D eigenvalue weighted by Gasteiger charge is 2.05. The van der Waals surface area contributed by atoms with E-state index in [9.17, 15) is 4.79 Å². The molecule has 0 bridgehead atoms. The summed E-state index contributed by atoms with van der Waals surface area (Å²) in [5.41, 5.74) is 4.49. The van der Waals surface area contributed by atoms with Gasteiger partial charge in [-0.2, -0.15) is 10.2 Å². The van der Waals surface area contributed by atoms with Gasteiger partial charge in [0.25, 0.3) is 5.56 Å². The Morgan fingerprint density at radius 3 is 2.67 bits per heavy atom. The van der Waals surface area contributed by atoms with Gasteiger partial charge < -0.3 is 5.32 Å². The maximum absolute atomic E-state index is 11.4. The number of aromatic amines is 1. The minimum absolute atomic E-state index is 0.130. The predicted octanol–water partition coefficient (Wildman–Crippen LogP) is 2.88. The summed E-state index contributed by atoms with van der Waals surface area (Å²) in [6.07, 6.45) is 2.32. The molecule has 0 aliphatic carbocycles. The fraction of sp³-hybridized carbons (Fsp3) is 0.235. The van der Waals surface area contributed by atoms with Crippen molar-refractivity contribution in [1.82, 2.24) is 20.0 Å². The molecule has 2 aromatic heterocycles. The number of benzene rings is 1. The van der Waals surface area contributed by atoms with Gasteiger partial charge in [-0.1, -0.05) is 23.7 Å². The van der Waals surface area contributed by atoms with Crippen LogP contribution >= 0.6 is 11.6 Å². The van der Waals surface area contributed by atoms with Crippen molar-refractivity contribution in [1.29, 1.82) is 0 Å². The van der Waals surface area contributed by atoms with Crippen molar-refractivity contribution in [2.75, 3.05) is 11.9 Å². The summed E-state index contributed by atoms with van der Waals surface area (Å²) in [4.78, 5) is 11.4. The number of nitrogens with zero attached hydrogens (tertiary/aromatic N) is 3. The van der Waals surface area contributed by atoms with E-state index >= 15 is 0 Å². The maximum atomic E-state index is 11.4. The molecule has 2 N–H and O–H groups in total. The molecule has 1 aromatic carbocycles. The molecule has 0 atom stereocenters. The second kappa shape index (κ2) is 6.88. The molecular formula is C17H18ClN5O. The van der Waals surface area contributed by atoms with Crippen LogP contribution in [0.3, 0.4) is 0 Å². The molecule has 3 aromatic rings. The highest BCUT2D eigenvalue weighted by molar-refractivity contribution is 6.32. The number of rotatable bonds is 5. The highest BCUT2D eigenvalue weighted by Crippen LogP contribution is 2.16. The molecule has 0 unspecified atom stereocenters. The summed E-state index contributed by atoms with van der Waals surface area (Å²) < 4.78 is 1.93. The molecule has 3 rings (SSSR count). The summed E-state index contributed by atoms with van der Waals surface area (Å²) in [7, 11) is 0. The average molecular weight is 344 g/mol. The van der Waals surface area contributed by atoms with Crippen LogP contribution in [0.15, 0.2) is 41.3 Å². The fourth-order valence-electron chi connectivity index (χ4n) is 2.54. The van der Waals surface area contributed by atoms with Crippen LogP contribution in [0, 0.1) is 13.8 Å². The van der Waals surface area contributed by atoms with Crippen LogP contribution in [0.2, 0.25) is 5.02 Å². The first-order valence-electron chi connectivity index (χ1n) is 7.64. The number of H-pyrrole nitrogens is 1. The summed E-state index contributed by atoms with van der Waals surface area (Å²) in [6.45, 7) is 4.68. The van der Waals surface area contributed by atoms with Gasteiger partial charge in [-0.15, -0.1) is 0 Å². The molecule has 0 spiro atoms. The van der Waals surface area contributed by atoms with Gasteiger partial charge in [0, 0.05) is 12.2 Å². The van der Waals surface area contributed by atoms with E-state index in [1.54, 1.807) is 0 Å². The van der Waals surface area contributed by atoms with Crippen molar-refractivity contribution in [3.05, 3.63) is 68.9 Å². The molecule has 0 aliphatic heterocycles. The molecule has 6 nitrogen and oxygen atoms in total. The van der Waals surface area contributed by atoms with Crippen molar-refractivity contribution < 1.29 is 0 Å². The molecule has 24 heavy (non-hydrogen) atoms. The number of aryl methyl sites for hydroxylation is 2. The first-order valence-corrected chi connectivity index (χ1v) is 8.02. The maximum Gasteiger partial charge on any atom is 0.285 e. The van der Waals surface area contributed by atoms with Gasteiger partial charge >= 0.3 is 0 Å². The second-order valence-corrected chi connectivity index (χ2v) is 5.99. The van der Waals surface area contributed by atoms with Gasteiger partial charge in [0.05, 0.1) is 23.3 Å². The van der Waals surface area contributed by atoms with E-state index in [4.69, 9.17) is 11.6 Å². The van der Waals surface area contributed by atoms with Gasteiger partial charge in [0.2, 0.25) is 0 Å². The quantitative estimate of drug-likeness (QED) is 0.747. The lowest BCUT2D eigenvalue weighted by molar-refractivity contribution is 0.832. The first-order chi connectivity index (χ1) is 11.5. The smallest absolute Gasteiger partial charge is 0.285 e. The Kier molecular flexibility index (Phi) is 4.66. The zero-order valence-electron chi connectivity index (χ0n) is 13.5. The highest BCUT2D eigenvalue weighted by atomic mass is 35.5. The van der Waals surface area contributed by atoms with Crippen LogP contribution in [0.4, 0.5) is 5.69 Å². The first kappa shape index (κ1) is 16.3. The minimum Gasteiger partial charge on any atom is -0.382 e. The van der Waals surface area contributed by atoms with Crippen molar-refractivity contribution in [2.45, 2.75) is 20.3 Å². The largest absolute Gasteiger partial charge is 0.382 e. The van der Waals surface area contributed by atoms with Crippen LogP contribution < -0.4 is 10.9 Å². The fourth-order valence-corrected chi connectivity index (χ4v) is 2.70. The van der Waals surface area contributed by atoms with E-state index in [-0.39, 0.29) is 5.02 Å². The standard InChI is InChI=1S/C17H18ClN5O/c1-11-9-12(2)23(22-11)14-5-3-13(4-6-14)7-8-19-15-10-20-21-17(24)16(15)18/h3-6,9-10H,7-8H2,1-2H3,(H2,19,21,24). The molecule has 124 valence electrons.